The minimum absolute atomic E-state index is 0.331. The van der Waals surface area contributed by atoms with Crippen LogP contribution in [0.2, 0.25) is 0 Å². The van der Waals surface area contributed by atoms with Crippen molar-refractivity contribution in [1.82, 2.24) is 0 Å². The Kier molecular flexibility index (Phi) is 7.66. The number of nitrogens with zero attached hydrogens (tertiary/aromatic N) is 1. The van der Waals surface area contributed by atoms with Crippen molar-refractivity contribution in [3.63, 3.8) is 0 Å². The molecular formula is C34H40FNO4. The molecule has 5 rings (SSSR count). The van der Waals surface area contributed by atoms with E-state index in [0.29, 0.717) is 17.9 Å². The van der Waals surface area contributed by atoms with E-state index in [4.69, 9.17) is 9.47 Å². The second-order valence-corrected chi connectivity index (χ2v) is 12.1. The van der Waals surface area contributed by atoms with E-state index < -0.39 is 23.5 Å². The number of hydrogen-bond donors (Lipinski definition) is 1. The lowest BCUT2D eigenvalue weighted by Gasteiger charge is -2.31. The molecule has 2 heterocycles. The van der Waals surface area contributed by atoms with E-state index in [0.717, 1.165) is 72.2 Å². The number of fused-ring (bicyclic) bond motifs is 2. The minimum atomic E-state index is -1.19. The van der Waals surface area contributed by atoms with Gasteiger partial charge in [0.1, 0.15) is 0 Å². The van der Waals surface area contributed by atoms with Crippen molar-refractivity contribution in [2.45, 2.75) is 78.9 Å². The average Bonchev–Trinajstić information content (AvgIpc) is 3.15. The maximum absolute atomic E-state index is 15.6. The van der Waals surface area contributed by atoms with Crippen LogP contribution in [0.25, 0.3) is 11.1 Å². The van der Waals surface area contributed by atoms with Crippen LogP contribution >= 0.6 is 0 Å². The molecule has 1 N–H and O–H groups in total. The van der Waals surface area contributed by atoms with E-state index in [1.165, 1.54) is 16.8 Å². The highest BCUT2D eigenvalue weighted by atomic mass is 19.1. The van der Waals surface area contributed by atoms with Crippen LogP contribution in [-0.4, -0.2) is 36.4 Å². The van der Waals surface area contributed by atoms with Crippen LogP contribution in [0, 0.1) is 26.6 Å². The van der Waals surface area contributed by atoms with Crippen molar-refractivity contribution in [3.05, 3.63) is 81.2 Å². The Labute approximate surface area is 236 Å². The zero-order valence-electron chi connectivity index (χ0n) is 24.5. The third kappa shape index (κ3) is 5.22. The molecule has 0 fully saturated rings. The van der Waals surface area contributed by atoms with Crippen LogP contribution in [0.3, 0.4) is 0 Å². The smallest absolute Gasteiger partial charge is 0.337 e. The summed E-state index contributed by atoms with van der Waals surface area (Å²) in [4.78, 5) is 15.2. The maximum atomic E-state index is 15.6. The molecule has 0 saturated carbocycles. The Morgan fingerprint density at radius 1 is 0.975 bits per heavy atom. The first-order chi connectivity index (χ1) is 19.0. The summed E-state index contributed by atoms with van der Waals surface area (Å²) in [5, 5.41) is 10.5. The fourth-order valence-electron chi connectivity index (χ4n) is 6.51. The predicted octanol–water partition coefficient (Wildman–Crippen LogP) is 7.29. The highest BCUT2D eigenvalue weighted by molar-refractivity contribution is 5.85. The van der Waals surface area contributed by atoms with E-state index in [2.05, 4.69) is 36.1 Å². The average molecular weight is 546 g/mol. The third-order valence-corrected chi connectivity index (χ3v) is 8.37. The van der Waals surface area contributed by atoms with Gasteiger partial charge in [-0.2, -0.15) is 0 Å². The molecule has 3 aromatic rings. The maximum Gasteiger partial charge on any atom is 0.337 e. The summed E-state index contributed by atoms with van der Waals surface area (Å²) in [5.74, 6) is -1.11. The molecule has 0 amide bonds. The number of anilines is 1. The van der Waals surface area contributed by atoms with Gasteiger partial charge in [0.25, 0.3) is 0 Å². The summed E-state index contributed by atoms with van der Waals surface area (Å²) in [6, 6.07) is 11.9. The molecule has 0 spiro atoms. The van der Waals surface area contributed by atoms with Crippen molar-refractivity contribution >= 4 is 11.7 Å². The number of benzene rings is 3. The first kappa shape index (κ1) is 28.2. The number of carbonyl (C=O) groups is 1. The zero-order valence-corrected chi connectivity index (χ0v) is 24.5. The number of para-hydroxylation sites is 1. The number of hydrogen-bond acceptors (Lipinski definition) is 4. The van der Waals surface area contributed by atoms with Gasteiger partial charge in [0.2, 0.25) is 0 Å². The molecule has 2 aliphatic rings. The van der Waals surface area contributed by atoms with Gasteiger partial charge in [-0.15, -0.1) is 0 Å². The van der Waals surface area contributed by atoms with E-state index >= 15 is 4.39 Å². The molecule has 212 valence electrons. The molecule has 0 unspecified atom stereocenters. The third-order valence-electron chi connectivity index (χ3n) is 8.37. The quantitative estimate of drug-likeness (QED) is 0.365. The SMILES string of the molecule is Cc1c(-c2c(C)c3c(c(C)c2[C@H](OC(C)(C)C)C(=O)O)CCN(c2ccccc2)CC3)cc(F)c2c1CCCO2. The van der Waals surface area contributed by atoms with Gasteiger partial charge in [-0.3, -0.25) is 0 Å². The Balaban J connectivity index is 1.75. The van der Waals surface area contributed by atoms with Crippen molar-refractivity contribution in [2.75, 3.05) is 24.6 Å². The van der Waals surface area contributed by atoms with E-state index in [-0.39, 0.29) is 0 Å². The van der Waals surface area contributed by atoms with Gasteiger partial charge >= 0.3 is 5.97 Å². The Bertz CT molecular complexity index is 1440. The van der Waals surface area contributed by atoms with Crippen LogP contribution < -0.4 is 9.64 Å². The topological polar surface area (TPSA) is 59.0 Å². The van der Waals surface area contributed by atoms with Crippen LogP contribution in [-0.2, 0) is 28.8 Å². The molecule has 3 aromatic carbocycles. The summed E-state index contributed by atoms with van der Waals surface area (Å²) >= 11 is 0. The summed E-state index contributed by atoms with van der Waals surface area (Å²) in [6.07, 6.45) is 1.97. The zero-order chi connectivity index (χ0) is 28.8. The molecule has 5 nitrogen and oxygen atoms in total. The Morgan fingerprint density at radius 3 is 2.25 bits per heavy atom. The fraction of sp³-hybridized carbons (Fsp3) is 0.441. The molecule has 0 aromatic heterocycles. The van der Waals surface area contributed by atoms with E-state index in [1.807, 2.05) is 40.7 Å². The summed E-state index contributed by atoms with van der Waals surface area (Å²) < 4.78 is 27.5. The number of aliphatic carboxylic acids is 1. The molecule has 0 radical (unpaired) electrons. The molecule has 2 aliphatic heterocycles. The number of ether oxygens (including phenoxy) is 2. The normalized spacial score (nSPS) is 16.0. The van der Waals surface area contributed by atoms with Crippen molar-refractivity contribution in [3.8, 4) is 16.9 Å². The van der Waals surface area contributed by atoms with Gasteiger partial charge in [-0.25, -0.2) is 9.18 Å². The van der Waals surface area contributed by atoms with Gasteiger partial charge in [-0.1, -0.05) is 18.2 Å². The first-order valence-corrected chi connectivity index (χ1v) is 14.3. The lowest BCUT2D eigenvalue weighted by molar-refractivity contribution is -0.160. The molecule has 0 saturated heterocycles. The molecule has 0 bridgehead atoms. The molecular weight excluding hydrogens is 505 g/mol. The first-order valence-electron chi connectivity index (χ1n) is 14.3. The van der Waals surface area contributed by atoms with Crippen LogP contribution in [0.5, 0.6) is 5.75 Å². The Hall–Kier alpha value is -3.38. The summed E-state index contributed by atoms with van der Waals surface area (Å²) in [5.41, 5.74) is 8.78. The Morgan fingerprint density at radius 2 is 1.62 bits per heavy atom. The lowest BCUT2D eigenvalue weighted by Crippen LogP contribution is -2.29. The van der Waals surface area contributed by atoms with Gasteiger partial charge < -0.3 is 19.5 Å². The summed E-state index contributed by atoms with van der Waals surface area (Å²) in [7, 11) is 0. The van der Waals surface area contributed by atoms with Gasteiger partial charge in [0, 0.05) is 29.9 Å². The monoisotopic (exact) mass is 545 g/mol. The number of carboxylic acid groups (broad SMARTS) is 1. The van der Waals surface area contributed by atoms with Crippen molar-refractivity contribution in [2.24, 2.45) is 0 Å². The highest BCUT2D eigenvalue weighted by Gasteiger charge is 2.35. The second kappa shape index (κ2) is 10.9. The number of rotatable bonds is 5. The number of halogens is 1. The fourth-order valence-corrected chi connectivity index (χ4v) is 6.51. The standard InChI is InChI=1S/C34H40FNO4/c1-20-26-13-10-18-39-31(26)28(35)19-27(20)29-21(2)24-14-16-36(23-11-8-7-9-12-23)17-15-25(24)22(3)30(29)32(33(37)38)40-34(4,5)6/h7-9,11-12,19,32H,10,13-18H2,1-6H3,(H,37,38)/t32-/m0/s1. The molecule has 1 atom stereocenters. The lowest BCUT2D eigenvalue weighted by atomic mass is 9.79. The van der Waals surface area contributed by atoms with Crippen molar-refractivity contribution < 1.29 is 23.8 Å². The molecule has 6 heteroatoms. The highest BCUT2D eigenvalue weighted by Crippen LogP contribution is 2.46. The predicted molar refractivity (Wildman–Crippen MR) is 157 cm³/mol. The van der Waals surface area contributed by atoms with Gasteiger partial charge in [0.05, 0.1) is 12.2 Å². The van der Waals surface area contributed by atoms with Gasteiger partial charge in [0.15, 0.2) is 17.7 Å². The largest absolute Gasteiger partial charge is 0.490 e. The van der Waals surface area contributed by atoms with Crippen LogP contribution in [0.4, 0.5) is 10.1 Å². The van der Waals surface area contributed by atoms with E-state index in [1.54, 1.807) is 6.07 Å². The van der Waals surface area contributed by atoms with Crippen LogP contribution in [0.15, 0.2) is 36.4 Å². The summed E-state index contributed by atoms with van der Waals surface area (Å²) in [6.45, 7) is 13.9. The molecule has 40 heavy (non-hydrogen) atoms. The van der Waals surface area contributed by atoms with Crippen molar-refractivity contribution in [1.29, 1.82) is 0 Å². The van der Waals surface area contributed by atoms with E-state index in [9.17, 15) is 9.90 Å². The second-order valence-electron chi connectivity index (χ2n) is 12.1. The van der Waals surface area contributed by atoms with Crippen LogP contribution in [0.1, 0.15) is 72.2 Å². The number of carboxylic acids is 1. The minimum Gasteiger partial charge on any atom is -0.490 e. The molecule has 0 aliphatic carbocycles. The van der Waals surface area contributed by atoms with Gasteiger partial charge in [-0.05, 0) is 124 Å².